The fraction of sp³-hybridized carbons (Fsp3) is 0.0769. The molecule has 0 aliphatic carbocycles. The van der Waals surface area contributed by atoms with Gasteiger partial charge in [0.25, 0.3) is 0 Å². The highest BCUT2D eigenvalue weighted by Gasteiger charge is 2.46. The summed E-state index contributed by atoms with van der Waals surface area (Å²) in [5, 5.41) is 0. The first-order valence-electron chi connectivity index (χ1n) is 5.29. The molecular weight excluding hydrogens is 216 g/mol. The molecule has 1 fully saturated rings. The lowest BCUT2D eigenvalue weighted by atomic mass is 10.4. The van der Waals surface area contributed by atoms with E-state index in [1.165, 1.54) is 9.79 Å². The number of hydrazine groups is 1. The van der Waals surface area contributed by atoms with Gasteiger partial charge in [-0.15, -0.1) is 0 Å². The Morgan fingerprint density at radius 2 is 1.19 bits per heavy atom. The van der Waals surface area contributed by atoms with Crippen LogP contribution in [0.4, 0.5) is 0 Å². The molecule has 3 heteroatoms. The molecule has 1 unspecified atom stereocenters. The predicted octanol–water partition coefficient (Wildman–Crippen LogP) is 3.19. The Bertz CT molecular complexity index is 444. The zero-order valence-corrected chi connectivity index (χ0v) is 9.95. The molecule has 1 saturated heterocycles. The molecule has 0 radical (unpaired) electrons. The molecule has 0 saturated carbocycles. The molecule has 2 nitrogen and oxygen atoms in total. The predicted molar refractivity (Wildman–Crippen MR) is 67.9 cm³/mol. The van der Waals surface area contributed by atoms with E-state index in [2.05, 4.69) is 77.0 Å². The molecule has 0 aromatic heterocycles. The van der Waals surface area contributed by atoms with Crippen LogP contribution in [0.1, 0.15) is 0 Å². The molecule has 16 heavy (non-hydrogen) atoms. The first kappa shape index (κ1) is 9.90. The molecule has 3 rings (SSSR count). The summed E-state index contributed by atoms with van der Waals surface area (Å²) in [7, 11) is 1.02. The van der Waals surface area contributed by atoms with Gasteiger partial charge in [0.05, 0.1) is 0 Å². The topological polar surface area (TPSA) is 25.0 Å². The molecule has 2 aromatic rings. The molecule has 82 valence electrons. The second kappa shape index (κ2) is 3.63. The van der Waals surface area contributed by atoms with Gasteiger partial charge in [-0.1, -0.05) is 36.4 Å². The SMILES string of the molecule is CN1NS1(c1ccccc1)c1ccccc1. The molecule has 0 spiro atoms. The standard InChI is InChI=1S/C13H14N2S/c1-15-14-16(15,12-8-4-2-5-9-12)13-10-6-3-7-11-13/h2-11,14H,1H3. The minimum Gasteiger partial charge on any atom is -0.185 e. The molecule has 1 N–H and O–H groups in total. The molecule has 1 aliphatic heterocycles. The maximum atomic E-state index is 3.49. The van der Waals surface area contributed by atoms with Gasteiger partial charge < -0.3 is 0 Å². The van der Waals surface area contributed by atoms with Crippen LogP contribution >= 0.6 is 10.4 Å². The smallest absolute Gasteiger partial charge is 0.0224 e. The van der Waals surface area contributed by atoms with Crippen molar-refractivity contribution in [3.8, 4) is 0 Å². The van der Waals surface area contributed by atoms with Gasteiger partial charge in [-0.25, -0.2) is 0 Å². The summed E-state index contributed by atoms with van der Waals surface area (Å²) in [6.07, 6.45) is 0. The third-order valence-electron chi connectivity index (χ3n) is 2.81. The number of hydrogen-bond acceptors (Lipinski definition) is 2. The Hall–Kier alpha value is -1.29. The van der Waals surface area contributed by atoms with E-state index in [1.54, 1.807) is 0 Å². The van der Waals surface area contributed by atoms with E-state index in [0.717, 1.165) is 0 Å². The van der Waals surface area contributed by atoms with Gasteiger partial charge in [-0.05, 0) is 34.7 Å². The first-order chi connectivity index (χ1) is 7.84. The highest BCUT2D eigenvalue weighted by Crippen LogP contribution is 2.70. The molecule has 0 bridgehead atoms. The largest absolute Gasteiger partial charge is 0.185 e. The van der Waals surface area contributed by atoms with E-state index < -0.39 is 10.4 Å². The average molecular weight is 230 g/mol. The number of nitrogens with zero attached hydrogens (tertiary/aromatic N) is 1. The Morgan fingerprint density at radius 3 is 1.50 bits per heavy atom. The summed E-state index contributed by atoms with van der Waals surface area (Å²) in [4.78, 5) is 6.22. The lowest BCUT2D eigenvalue weighted by Gasteiger charge is -2.19. The molecule has 2 aromatic carbocycles. The molecule has 1 aliphatic rings. The summed E-state index contributed by atoms with van der Waals surface area (Å²) in [6, 6.07) is 21.3. The Labute approximate surface area is 97.5 Å². The average Bonchev–Trinajstić information content (AvgIpc) is 3.05. The third kappa shape index (κ3) is 1.37. The van der Waals surface area contributed by atoms with E-state index in [1.807, 2.05) is 0 Å². The highest BCUT2D eigenvalue weighted by molar-refractivity contribution is 8.34. The molecule has 0 amide bonds. The van der Waals surface area contributed by atoms with Gasteiger partial charge in [0, 0.05) is 16.8 Å². The van der Waals surface area contributed by atoms with Crippen LogP contribution in [0.3, 0.4) is 0 Å². The number of nitrogens with one attached hydrogen (secondary N) is 1. The second-order valence-electron chi connectivity index (χ2n) is 3.79. The fourth-order valence-electron chi connectivity index (χ4n) is 1.96. The zero-order chi connectivity index (χ0) is 11.0. The monoisotopic (exact) mass is 230 g/mol. The van der Waals surface area contributed by atoms with Crippen LogP contribution in [0.2, 0.25) is 0 Å². The van der Waals surface area contributed by atoms with Crippen LogP contribution in [-0.2, 0) is 0 Å². The summed E-state index contributed by atoms with van der Waals surface area (Å²) < 4.78 is 2.22. The third-order valence-corrected chi connectivity index (χ3v) is 5.99. The lowest BCUT2D eigenvalue weighted by molar-refractivity contribution is 0.671. The van der Waals surface area contributed by atoms with Crippen molar-refractivity contribution in [1.29, 1.82) is 0 Å². The van der Waals surface area contributed by atoms with Gasteiger partial charge in [0.1, 0.15) is 0 Å². The maximum absolute atomic E-state index is 3.49. The van der Waals surface area contributed by atoms with Crippen molar-refractivity contribution in [3.05, 3.63) is 60.7 Å². The highest BCUT2D eigenvalue weighted by atomic mass is 32.3. The minimum atomic E-state index is -1.08. The molecular formula is C13H14N2S. The van der Waals surface area contributed by atoms with Crippen molar-refractivity contribution in [2.45, 2.75) is 9.79 Å². The maximum Gasteiger partial charge on any atom is 0.0224 e. The van der Waals surface area contributed by atoms with Crippen molar-refractivity contribution >= 4 is 10.4 Å². The van der Waals surface area contributed by atoms with Crippen LogP contribution < -0.4 is 4.83 Å². The van der Waals surface area contributed by atoms with Gasteiger partial charge in [0.2, 0.25) is 0 Å². The van der Waals surface area contributed by atoms with E-state index >= 15 is 0 Å². The van der Waals surface area contributed by atoms with Crippen LogP contribution in [-0.4, -0.2) is 11.5 Å². The number of hydrogen-bond donors (Lipinski definition) is 1. The van der Waals surface area contributed by atoms with Gasteiger partial charge in [-0.3, -0.25) is 0 Å². The first-order valence-corrected chi connectivity index (χ1v) is 6.88. The summed E-state index contributed by atoms with van der Waals surface area (Å²) in [5.74, 6) is 0. The van der Waals surface area contributed by atoms with Crippen molar-refractivity contribution in [2.75, 3.05) is 7.05 Å². The van der Waals surface area contributed by atoms with Crippen molar-refractivity contribution in [1.82, 2.24) is 9.25 Å². The van der Waals surface area contributed by atoms with E-state index in [0.29, 0.717) is 0 Å². The quantitative estimate of drug-likeness (QED) is 0.801. The molecule has 1 heterocycles. The number of rotatable bonds is 2. The summed E-state index contributed by atoms with van der Waals surface area (Å²) in [6.45, 7) is 0. The Morgan fingerprint density at radius 1 is 0.812 bits per heavy atom. The second-order valence-corrected chi connectivity index (χ2v) is 6.63. The summed E-state index contributed by atoms with van der Waals surface area (Å²) in [5.41, 5.74) is 0. The van der Waals surface area contributed by atoms with Gasteiger partial charge in [-0.2, -0.15) is 9.25 Å². The summed E-state index contributed by atoms with van der Waals surface area (Å²) >= 11 is 0. The fourth-order valence-corrected chi connectivity index (χ4v) is 4.74. The van der Waals surface area contributed by atoms with E-state index in [9.17, 15) is 0 Å². The van der Waals surface area contributed by atoms with Crippen LogP contribution in [0.5, 0.6) is 0 Å². The van der Waals surface area contributed by atoms with E-state index in [4.69, 9.17) is 0 Å². The van der Waals surface area contributed by atoms with Gasteiger partial charge in [0.15, 0.2) is 0 Å². The van der Waals surface area contributed by atoms with Crippen molar-refractivity contribution in [3.63, 3.8) is 0 Å². The van der Waals surface area contributed by atoms with E-state index in [-0.39, 0.29) is 0 Å². The van der Waals surface area contributed by atoms with Crippen molar-refractivity contribution in [2.24, 2.45) is 0 Å². The van der Waals surface area contributed by atoms with Crippen LogP contribution in [0, 0.1) is 0 Å². The Balaban J connectivity index is 2.10. The Kier molecular flexibility index (Phi) is 2.24. The van der Waals surface area contributed by atoms with Crippen molar-refractivity contribution < 1.29 is 0 Å². The zero-order valence-electron chi connectivity index (χ0n) is 9.13. The van der Waals surface area contributed by atoms with Gasteiger partial charge >= 0.3 is 0 Å². The van der Waals surface area contributed by atoms with Crippen LogP contribution in [0.15, 0.2) is 70.5 Å². The molecule has 1 atom stereocenters. The number of benzene rings is 2. The normalized spacial score (nSPS) is 23.7. The minimum absolute atomic E-state index is 1.08. The lowest BCUT2D eigenvalue weighted by Crippen LogP contribution is -1.91. The van der Waals surface area contributed by atoms with Crippen LogP contribution in [0.25, 0.3) is 0 Å².